The van der Waals surface area contributed by atoms with Gasteiger partial charge < -0.3 is 4.42 Å². The van der Waals surface area contributed by atoms with Crippen molar-refractivity contribution in [3.8, 4) is 0 Å². The van der Waals surface area contributed by atoms with Gasteiger partial charge in [-0.25, -0.2) is 0 Å². The van der Waals surface area contributed by atoms with Gasteiger partial charge in [-0.15, -0.1) is 5.10 Å². The monoisotopic (exact) mass is 181 g/mol. The molecule has 68 valence electrons. The highest BCUT2D eigenvalue weighted by atomic mass is 16.4. The van der Waals surface area contributed by atoms with Crippen molar-refractivity contribution in [3.63, 3.8) is 0 Å². The number of aryl methyl sites for hydroxylation is 1. The van der Waals surface area contributed by atoms with Crippen LogP contribution in [0.25, 0.3) is 0 Å². The van der Waals surface area contributed by atoms with Crippen LogP contribution in [0.15, 0.2) is 4.42 Å². The number of rotatable bonds is 1. The van der Waals surface area contributed by atoms with Crippen LogP contribution >= 0.6 is 0 Å². The van der Waals surface area contributed by atoms with Crippen LogP contribution < -0.4 is 4.90 Å². The zero-order valence-corrected chi connectivity index (χ0v) is 6.98. The molecule has 1 amide bonds. The summed E-state index contributed by atoms with van der Waals surface area (Å²) in [6, 6.07) is 0.105. The molecular formula is C7H7N3O3. The van der Waals surface area contributed by atoms with E-state index in [-0.39, 0.29) is 30.7 Å². The van der Waals surface area contributed by atoms with E-state index in [0.29, 0.717) is 5.89 Å². The molecule has 0 N–H and O–H groups in total. The highest BCUT2D eigenvalue weighted by molar-refractivity contribution is 6.14. The lowest BCUT2D eigenvalue weighted by molar-refractivity contribution is -0.121. The van der Waals surface area contributed by atoms with E-state index in [1.807, 2.05) is 0 Å². The highest BCUT2D eigenvalue weighted by Gasteiger charge is 2.31. The smallest absolute Gasteiger partial charge is 0.325 e. The fraction of sp³-hybridized carbons (Fsp3) is 0.429. The third kappa shape index (κ3) is 1.30. The van der Waals surface area contributed by atoms with Crippen molar-refractivity contribution in [2.75, 3.05) is 11.4 Å². The van der Waals surface area contributed by atoms with E-state index in [2.05, 4.69) is 10.2 Å². The molecular weight excluding hydrogens is 174 g/mol. The lowest BCUT2D eigenvalue weighted by Gasteiger charge is -2.06. The lowest BCUT2D eigenvalue weighted by atomic mass is 10.3. The average molecular weight is 181 g/mol. The molecule has 0 bridgehead atoms. The first-order valence-electron chi connectivity index (χ1n) is 3.79. The molecule has 0 aliphatic carbocycles. The van der Waals surface area contributed by atoms with E-state index in [4.69, 9.17) is 4.42 Å². The van der Waals surface area contributed by atoms with Gasteiger partial charge in [0.05, 0.1) is 13.0 Å². The van der Waals surface area contributed by atoms with Crippen molar-refractivity contribution >= 4 is 17.7 Å². The number of hydrogen-bond acceptors (Lipinski definition) is 5. The van der Waals surface area contributed by atoms with Crippen molar-refractivity contribution in [3.05, 3.63) is 5.89 Å². The van der Waals surface area contributed by atoms with Gasteiger partial charge >= 0.3 is 6.01 Å². The first-order chi connectivity index (χ1) is 6.16. The van der Waals surface area contributed by atoms with Crippen LogP contribution in [0.4, 0.5) is 6.01 Å². The number of carbonyl (C=O) groups is 2. The van der Waals surface area contributed by atoms with Gasteiger partial charge in [0.1, 0.15) is 0 Å². The molecule has 0 saturated carbocycles. The molecule has 2 rings (SSSR count). The summed E-state index contributed by atoms with van der Waals surface area (Å²) in [6.07, 6.45) is -0.0680. The fourth-order valence-electron chi connectivity index (χ4n) is 1.15. The van der Waals surface area contributed by atoms with Crippen LogP contribution in [-0.4, -0.2) is 28.4 Å². The highest BCUT2D eigenvalue weighted by Crippen LogP contribution is 2.17. The lowest BCUT2D eigenvalue weighted by Crippen LogP contribution is -2.24. The fourth-order valence-corrected chi connectivity index (χ4v) is 1.15. The SMILES string of the molecule is Cc1nnc(N2CC(=O)CC2=O)o1. The Bertz CT molecular complexity index is 371. The van der Waals surface area contributed by atoms with Gasteiger partial charge in [-0.05, 0) is 0 Å². The Balaban J connectivity index is 2.27. The molecule has 1 aromatic rings. The molecule has 1 aliphatic rings. The van der Waals surface area contributed by atoms with Crippen molar-refractivity contribution in [2.24, 2.45) is 0 Å². The number of nitrogens with zero attached hydrogens (tertiary/aromatic N) is 3. The summed E-state index contributed by atoms with van der Waals surface area (Å²) in [7, 11) is 0. The van der Waals surface area contributed by atoms with E-state index in [9.17, 15) is 9.59 Å². The van der Waals surface area contributed by atoms with Gasteiger partial charge in [0.15, 0.2) is 5.78 Å². The minimum atomic E-state index is -0.284. The molecule has 0 atom stereocenters. The molecule has 1 fully saturated rings. The minimum Gasteiger partial charge on any atom is -0.408 e. The second kappa shape index (κ2) is 2.65. The molecule has 6 nitrogen and oxygen atoms in total. The molecule has 0 unspecified atom stereocenters. The van der Waals surface area contributed by atoms with Crippen LogP contribution in [-0.2, 0) is 9.59 Å². The Morgan fingerprint density at radius 3 is 2.62 bits per heavy atom. The van der Waals surface area contributed by atoms with Gasteiger partial charge in [-0.2, -0.15) is 0 Å². The van der Waals surface area contributed by atoms with Crippen LogP contribution in [0, 0.1) is 6.92 Å². The first-order valence-corrected chi connectivity index (χ1v) is 3.79. The molecule has 1 aromatic heterocycles. The summed E-state index contributed by atoms with van der Waals surface area (Å²) in [5, 5.41) is 7.22. The minimum absolute atomic E-state index is 0.0421. The Labute approximate surface area is 73.5 Å². The largest absolute Gasteiger partial charge is 0.408 e. The second-order valence-corrected chi connectivity index (χ2v) is 2.80. The number of Topliss-reactive ketones (excluding diaryl/α,β-unsaturated/α-hetero) is 1. The van der Waals surface area contributed by atoms with E-state index < -0.39 is 0 Å². The van der Waals surface area contributed by atoms with Crippen LogP contribution in [0.1, 0.15) is 12.3 Å². The van der Waals surface area contributed by atoms with Gasteiger partial charge in [-0.1, -0.05) is 5.10 Å². The third-order valence-electron chi connectivity index (χ3n) is 1.73. The summed E-state index contributed by atoms with van der Waals surface area (Å²) in [5.41, 5.74) is 0. The summed E-state index contributed by atoms with van der Waals surface area (Å²) < 4.78 is 5.02. The Morgan fingerprint density at radius 2 is 2.15 bits per heavy atom. The average Bonchev–Trinajstić information content (AvgIpc) is 2.58. The normalized spacial score (nSPS) is 17.2. The van der Waals surface area contributed by atoms with Gasteiger partial charge in [-0.3, -0.25) is 14.5 Å². The van der Waals surface area contributed by atoms with E-state index in [1.165, 1.54) is 4.90 Å². The number of carbonyl (C=O) groups excluding carboxylic acids is 2. The van der Waals surface area contributed by atoms with E-state index in [1.54, 1.807) is 6.92 Å². The molecule has 6 heteroatoms. The van der Waals surface area contributed by atoms with Crippen LogP contribution in [0.3, 0.4) is 0 Å². The maximum absolute atomic E-state index is 11.2. The molecule has 0 spiro atoms. The first kappa shape index (κ1) is 7.90. The molecule has 2 heterocycles. The number of hydrogen-bond donors (Lipinski definition) is 0. The zero-order chi connectivity index (χ0) is 9.42. The van der Waals surface area contributed by atoms with Crippen LogP contribution in [0.5, 0.6) is 0 Å². The van der Waals surface area contributed by atoms with Crippen LogP contribution in [0.2, 0.25) is 0 Å². The quantitative estimate of drug-likeness (QED) is 0.555. The topological polar surface area (TPSA) is 76.3 Å². The Kier molecular flexibility index (Phi) is 1.61. The van der Waals surface area contributed by atoms with Gasteiger partial charge in [0.2, 0.25) is 11.8 Å². The molecule has 13 heavy (non-hydrogen) atoms. The summed E-state index contributed by atoms with van der Waals surface area (Å²) in [5.74, 6) is -0.0309. The zero-order valence-electron chi connectivity index (χ0n) is 6.98. The predicted molar refractivity (Wildman–Crippen MR) is 41.0 cm³/mol. The van der Waals surface area contributed by atoms with E-state index in [0.717, 1.165) is 0 Å². The number of ketones is 1. The number of anilines is 1. The Hall–Kier alpha value is -1.72. The summed E-state index contributed by atoms with van der Waals surface area (Å²) in [6.45, 7) is 1.67. The van der Waals surface area contributed by atoms with E-state index >= 15 is 0 Å². The van der Waals surface area contributed by atoms with Crippen molar-refractivity contribution in [1.82, 2.24) is 10.2 Å². The summed E-state index contributed by atoms with van der Waals surface area (Å²) >= 11 is 0. The predicted octanol–water partition coefficient (Wildman–Crippen LogP) is -0.316. The summed E-state index contributed by atoms with van der Waals surface area (Å²) in [4.78, 5) is 23.3. The molecule has 0 aromatic carbocycles. The molecule has 0 radical (unpaired) electrons. The third-order valence-corrected chi connectivity index (χ3v) is 1.73. The molecule has 1 aliphatic heterocycles. The van der Waals surface area contributed by atoms with Crippen molar-refractivity contribution < 1.29 is 14.0 Å². The Morgan fingerprint density at radius 1 is 1.38 bits per heavy atom. The van der Waals surface area contributed by atoms with Gasteiger partial charge in [0, 0.05) is 6.92 Å². The number of amides is 1. The van der Waals surface area contributed by atoms with Crippen molar-refractivity contribution in [2.45, 2.75) is 13.3 Å². The maximum atomic E-state index is 11.2. The standard InChI is InChI=1S/C7H7N3O3/c1-4-8-9-7(13-4)10-3-5(11)2-6(10)12/h2-3H2,1H3. The maximum Gasteiger partial charge on any atom is 0.325 e. The van der Waals surface area contributed by atoms with Gasteiger partial charge in [0.25, 0.3) is 0 Å². The van der Waals surface area contributed by atoms with Crippen molar-refractivity contribution in [1.29, 1.82) is 0 Å². The number of aromatic nitrogens is 2. The molecule has 1 saturated heterocycles. The second-order valence-electron chi connectivity index (χ2n) is 2.80.